The quantitative estimate of drug-likeness (QED) is 0.610. The summed E-state index contributed by atoms with van der Waals surface area (Å²) in [6.45, 7) is 4.28. The largest absolute Gasteiger partial charge is 0.491 e. The molecule has 0 unspecified atom stereocenters. The Hall–Kier alpha value is -2.42. The van der Waals surface area contributed by atoms with Crippen molar-refractivity contribution in [3.63, 3.8) is 0 Å². The number of nitro groups is 1. The highest BCUT2D eigenvalue weighted by Crippen LogP contribution is 2.36. The summed E-state index contributed by atoms with van der Waals surface area (Å²) < 4.78 is 11.1. The smallest absolute Gasteiger partial charge is 0.271 e. The van der Waals surface area contributed by atoms with Gasteiger partial charge in [0.2, 0.25) is 0 Å². The van der Waals surface area contributed by atoms with E-state index in [-0.39, 0.29) is 11.1 Å². The van der Waals surface area contributed by atoms with E-state index in [9.17, 15) is 10.1 Å². The van der Waals surface area contributed by atoms with E-state index < -0.39 is 4.92 Å². The zero-order chi connectivity index (χ0) is 15.7. The number of nitrogens with zero attached hydrogens (tertiary/aromatic N) is 5. The molecule has 1 aromatic rings. The highest BCUT2D eigenvalue weighted by Gasteiger charge is 2.35. The zero-order valence-corrected chi connectivity index (χ0v) is 12.4. The van der Waals surface area contributed by atoms with Crippen LogP contribution in [-0.4, -0.2) is 43.5 Å². The van der Waals surface area contributed by atoms with E-state index in [2.05, 4.69) is 17.4 Å². The molecule has 118 valence electrons. The molecule has 0 saturated carbocycles. The van der Waals surface area contributed by atoms with Gasteiger partial charge in [0, 0.05) is 24.6 Å². The Morgan fingerprint density at radius 3 is 2.77 bits per heavy atom. The molecular weight excluding hydrogens is 290 g/mol. The number of non-ortho nitro benzene ring substituents is 1. The predicted octanol–water partition coefficient (Wildman–Crippen LogP) is 2.00. The molecule has 3 rings (SSSR count). The van der Waals surface area contributed by atoms with E-state index in [1.165, 1.54) is 12.1 Å². The first-order valence-electron chi connectivity index (χ1n) is 6.86. The van der Waals surface area contributed by atoms with Crippen LogP contribution in [-0.2, 0) is 4.74 Å². The number of rotatable bonds is 5. The van der Waals surface area contributed by atoms with Gasteiger partial charge in [-0.1, -0.05) is 12.1 Å². The molecule has 2 aliphatic heterocycles. The van der Waals surface area contributed by atoms with Crippen molar-refractivity contribution in [1.29, 1.82) is 0 Å². The highest BCUT2D eigenvalue weighted by atomic mass is 16.6. The summed E-state index contributed by atoms with van der Waals surface area (Å²) >= 11 is 0. The van der Waals surface area contributed by atoms with Crippen molar-refractivity contribution in [3.8, 4) is 5.75 Å². The molecule has 0 bridgehead atoms. The number of benzene rings is 1. The van der Waals surface area contributed by atoms with Gasteiger partial charge < -0.3 is 9.47 Å². The third-order valence-electron chi connectivity index (χ3n) is 3.55. The molecule has 9 heteroatoms. The summed E-state index contributed by atoms with van der Waals surface area (Å²) in [6, 6.07) is 4.48. The normalized spacial score (nSPS) is 19.2. The van der Waals surface area contributed by atoms with Crippen LogP contribution < -0.4 is 9.75 Å². The third-order valence-corrected chi connectivity index (χ3v) is 3.55. The first-order valence-corrected chi connectivity index (χ1v) is 6.86. The maximum atomic E-state index is 11.0. The van der Waals surface area contributed by atoms with Crippen LogP contribution in [0.4, 0.5) is 11.4 Å². The Morgan fingerprint density at radius 2 is 2.23 bits per heavy atom. The van der Waals surface area contributed by atoms with Crippen molar-refractivity contribution in [2.24, 2.45) is 15.9 Å². The van der Waals surface area contributed by atoms with Gasteiger partial charge in [-0.3, -0.25) is 15.1 Å². The van der Waals surface area contributed by atoms with Gasteiger partial charge in [-0.05, 0) is 11.3 Å². The van der Waals surface area contributed by atoms with Crippen molar-refractivity contribution < 1.29 is 14.4 Å². The van der Waals surface area contributed by atoms with Crippen molar-refractivity contribution in [3.05, 3.63) is 28.3 Å². The Bertz CT molecular complexity index is 616. The standard InChI is InChI=1S/C13H17N5O4/c1-13(6-21-7-13)8-22-12-4-3-10(18(19)20)5-11(12)17-9-16(2)14-15-17/h3-5H,6-9H2,1-2H3. The molecule has 0 radical (unpaired) electrons. The lowest BCUT2D eigenvalue weighted by Crippen LogP contribution is -2.44. The molecular formula is C13H17N5O4. The number of hydrogen-bond donors (Lipinski definition) is 0. The summed E-state index contributed by atoms with van der Waals surface area (Å²) in [5, 5.41) is 22.0. The van der Waals surface area contributed by atoms with Crippen molar-refractivity contribution in [1.82, 2.24) is 5.01 Å². The van der Waals surface area contributed by atoms with Crippen LogP contribution in [0.25, 0.3) is 0 Å². The molecule has 0 amide bonds. The molecule has 1 saturated heterocycles. The first-order chi connectivity index (χ1) is 10.5. The van der Waals surface area contributed by atoms with Gasteiger partial charge in [0.25, 0.3) is 5.69 Å². The van der Waals surface area contributed by atoms with E-state index in [0.29, 0.717) is 37.9 Å². The molecule has 2 aliphatic rings. The maximum absolute atomic E-state index is 11.0. The average molecular weight is 307 g/mol. The van der Waals surface area contributed by atoms with Crippen molar-refractivity contribution in [2.75, 3.05) is 38.5 Å². The summed E-state index contributed by atoms with van der Waals surface area (Å²) in [6.07, 6.45) is 0. The van der Waals surface area contributed by atoms with Crippen molar-refractivity contribution in [2.45, 2.75) is 6.92 Å². The van der Waals surface area contributed by atoms with Crippen LogP contribution in [0.3, 0.4) is 0 Å². The number of anilines is 1. The first kappa shape index (κ1) is 14.5. The topological polar surface area (TPSA) is 92.8 Å². The minimum atomic E-state index is -0.439. The van der Waals surface area contributed by atoms with Crippen LogP contribution in [0, 0.1) is 15.5 Å². The maximum Gasteiger partial charge on any atom is 0.271 e. The van der Waals surface area contributed by atoms with E-state index >= 15 is 0 Å². The van der Waals surface area contributed by atoms with E-state index in [1.54, 1.807) is 23.1 Å². The van der Waals surface area contributed by atoms with Gasteiger partial charge in [-0.15, -0.1) is 0 Å². The van der Waals surface area contributed by atoms with Gasteiger partial charge in [-0.2, -0.15) is 0 Å². The molecule has 2 heterocycles. The second kappa shape index (κ2) is 5.41. The van der Waals surface area contributed by atoms with Gasteiger partial charge in [0.1, 0.15) is 18.1 Å². The van der Waals surface area contributed by atoms with Crippen LogP contribution in [0.15, 0.2) is 28.6 Å². The monoisotopic (exact) mass is 307 g/mol. The van der Waals surface area contributed by atoms with Gasteiger partial charge in [0.15, 0.2) is 0 Å². The summed E-state index contributed by atoms with van der Waals surface area (Å²) in [7, 11) is 1.77. The lowest BCUT2D eigenvalue weighted by atomic mass is 9.90. The number of ether oxygens (including phenoxy) is 2. The highest BCUT2D eigenvalue weighted by molar-refractivity contribution is 5.62. The zero-order valence-electron chi connectivity index (χ0n) is 12.4. The second-order valence-electron chi connectivity index (χ2n) is 5.88. The van der Waals surface area contributed by atoms with Crippen LogP contribution in [0.2, 0.25) is 0 Å². The van der Waals surface area contributed by atoms with Gasteiger partial charge in [-0.25, -0.2) is 5.01 Å². The second-order valence-corrected chi connectivity index (χ2v) is 5.88. The Kier molecular flexibility index (Phi) is 3.57. The lowest BCUT2D eigenvalue weighted by molar-refractivity contribution is -0.384. The van der Waals surface area contributed by atoms with Gasteiger partial charge in [0.05, 0.1) is 24.7 Å². The Labute approximate surface area is 127 Å². The average Bonchev–Trinajstić information content (AvgIpc) is 2.89. The third kappa shape index (κ3) is 2.80. The predicted molar refractivity (Wildman–Crippen MR) is 77.5 cm³/mol. The summed E-state index contributed by atoms with van der Waals surface area (Å²) in [5.41, 5.74) is 0.513. The van der Waals surface area contributed by atoms with Crippen molar-refractivity contribution >= 4 is 11.4 Å². The molecule has 0 atom stereocenters. The number of nitro benzene ring substituents is 1. The molecule has 0 spiro atoms. The Balaban J connectivity index is 1.84. The summed E-state index contributed by atoms with van der Waals surface area (Å²) in [5.74, 6) is 0.549. The summed E-state index contributed by atoms with van der Waals surface area (Å²) in [4.78, 5) is 10.5. The van der Waals surface area contributed by atoms with E-state index in [4.69, 9.17) is 9.47 Å². The Morgan fingerprint density at radius 1 is 1.45 bits per heavy atom. The van der Waals surface area contributed by atoms with E-state index in [0.717, 1.165) is 0 Å². The molecule has 9 nitrogen and oxygen atoms in total. The fourth-order valence-corrected chi connectivity index (χ4v) is 2.22. The van der Waals surface area contributed by atoms with Crippen LogP contribution in [0.5, 0.6) is 5.75 Å². The SMILES string of the molecule is CN1CN(c2cc([N+](=O)[O-])ccc2OCC2(C)COC2)N=N1. The molecule has 0 aliphatic carbocycles. The number of hydrogen-bond acceptors (Lipinski definition) is 8. The van der Waals surface area contributed by atoms with Crippen LogP contribution in [0.1, 0.15) is 6.92 Å². The minimum Gasteiger partial charge on any atom is -0.491 e. The fourth-order valence-electron chi connectivity index (χ4n) is 2.22. The van der Waals surface area contributed by atoms with Crippen LogP contribution >= 0.6 is 0 Å². The molecule has 0 aromatic heterocycles. The van der Waals surface area contributed by atoms with E-state index in [1.807, 2.05) is 0 Å². The lowest BCUT2D eigenvalue weighted by Gasteiger charge is -2.37. The molecule has 1 aromatic carbocycles. The van der Waals surface area contributed by atoms with Gasteiger partial charge >= 0.3 is 0 Å². The minimum absolute atomic E-state index is 0.00899. The molecule has 1 fully saturated rings. The molecule has 0 N–H and O–H groups in total. The molecule has 22 heavy (non-hydrogen) atoms. The fraction of sp³-hybridized carbons (Fsp3) is 0.538.